The number of benzene rings is 1. The molecule has 1 aromatic rings. The highest BCUT2D eigenvalue weighted by atomic mass is 19.1. The van der Waals surface area contributed by atoms with Gasteiger partial charge in [-0.25, -0.2) is 9.18 Å². The van der Waals surface area contributed by atoms with Crippen molar-refractivity contribution in [1.29, 1.82) is 0 Å². The van der Waals surface area contributed by atoms with Crippen LogP contribution in [0.2, 0.25) is 0 Å². The van der Waals surface area contributed by atoms with E-state index in [2.05, 4.69) is 0 Å². The van der Waals surface area contributed by atoms with E-state index in [-0.39, 0.29) is 11.7 Å². The lowest BCUT2D eigenvalue weighted by Gasteiger charge is -2.24. The van der Waals surface area contributed by atoms with E-state index in [4.69, 9.17) is 10.8 Å². The van der Waals surface area contributed by atoms with Crippen molar-refractivity contribution in [2.45, 2.75) is 18.9 Å². The van der Waals surface area contributed by atoms with Crippen LogP contribution >= 0.6 is 0 Å². The molecule has 0 aliphatic heterocycles. The zero-order valence-corrected chi connectivity index (χ0v) is 8.33. The fourth-order valence-electron chi connectivity index (χ4n) is 2.21. The molecule has 0 spiro atoms. The summed E-state index contributed by atoms with van der Waals surface area (Å²) in [5.74, 6) is -1.76. The lowest BCUT2D eigenvalue weighted by atomic mass is 9.86. The van der Waals surface area contributed by atoms with Gasteiger partial charge in [-0.1, -0.05) is 19.1 Å². The zero-order valence-electron chi connectivity index (χ0n) is 8.33. The molecule has 0 amide bonds. The number of nitrogens with two attached hydrogens (primary N) is 1. The van der Waals surface area contributed by atoms with Crippen molar-refractivity contribution in [3.05, 3.63) is 35.1 Å². The van der Waals surface area contributed by atoms with Crippen LogP contribution in [0, 0.1) is 11.7 Å². The third-order valence-electron chi connectivity index (χ3n) is 3.21. The van der Waals surface area contributed by atoms with Crippen molar-refractivity contribution in [3.8, 4) is 0 Å². The van der Waals surface area contributed by atoms with Crippen molar-refractivity contribution in [2.24, 2.45) is 11.7 Å². The molecule has 4 heteroatoms. The molecule has 2 rings (SSSR count). The average molecular weight is 209 g/mol. The Balaban J connectivity index is 2.65. The summed E-state index contributed by atoms with van der Waals surface area (Å²) in [5.41, 5.74) is 5.26. The molecule has 1 aliphatic rings. The van der Waals surface area contributed by atoms with E-state index in [0.29, 0.717) is 17.5 Å². The van der Waals surface area contributed by atoms with Crippen LogP contribution in [-0.2, 0) is 16.8 Å². The topological polar surface area (TPSA) is 63.3 Å². The molecule has 0 heterocycles. The summed E-state index contributed by atoms with van der Waals surface area (Å²) in [6.07, 6.45) is 0.380. The molecule has 0 saturated heterocycles. The van der Waals surface area contributed by atoms with Crippen LogP contribution in [0.3, 0.4) is 0 Å². The molecule has 80 valence electrons. The van der Waals surface area contributed by atoms with E-state index in [1.165, 1.54) is 12.1 Å². The third-order valence-corrected chi connectivity index (χ3v) is 3.21. The Morgan fingerprint density at radius 3 is 2.93 bits per heavy atom. The smallest absolute Gasteiger partial charge is 0.328 e. The summed E-state index contributed by atoms with van der Waals surface area (Å²) >= 11 is 0. The molecule has 1 aliphatic carbocycles. The number of hydrogen-bond donors (Lipinski definition) is 2. The van der Waals surface area contributed by atoms with E-state index in [9.17, 15) is 9.18 Å². The summed E-state index contributed by atoms with van der Waals surface area (Å²) in [6.45, 7) is 1.73. The third kappa shape index (κ3) is 1.18. The summed E-state index contributed by atoms with van der Waals surface area (Å²) < 4.78 is 13.4. The maximum absolute atomic E-state index is 13.4. The number of carboxylic acids is 1. The van der Waals surface area contributed by atoms with E-state index < -0.39 is 11.5 Å². The SMILES string of the molecule is CC1Cc2c(F)cccc2C1(N)C(=O)O. The minimum atomic E-state index is -1.45. The van der Waals surface area contributed by atoms with Crippen LogP contribution in [0.5, 0.6) is 0 Å². The summed E-state index contributed by atoms with van der Waals surface area (Å²) in [4.78, 5) is 11.2. The molecule has 0 fully saturated rings. The second-order valence-electron chi connectivity index (χ2n) is 4.05. The Bertz CT molecular complexity index is 433. The van der Waals surface area contributed by atoms with Gasteiger partial charge in [0.1, 0.15) is 11.4 Å². The van der Waals surface area contributed by atoms with Gasteiger partial charge >= 0.3 is 5.97 Å². The molecule has 2 atom stereocenters. The quantitative estimate of drug-likeness (QED) is 0.731. The Labute approximate surface area is 86.7 Å². The molecule has 2 unspecified atom stereocenters. The standard InChI is InChI=1S/C11H12FNO2/c1-6-5-7-8(3-2-4-9(7)12)11(6,13)10(14)15/h2-4,6H,5,13H2,1H3,(H,14,15). The highest BCUT2D eigenvalue weighted by Crippen LogP contribution is 2.40. The number of carboxylic acid groups (broad SMARTS) is 1. The van der Waals surface area contributed by atoms with Crippen molar-refractivity contribution in [3.63, 3.8) is 0 Å². The molecule has 0 saturated carbocycles. The van der Waals surface area contributed by atoms with Crippen LogP contribution in [-0.4, -0.2) is 11.1 Å². The lowest BCUT2D eigenvalue weighted by Crippen LogP contribution is -2.47. The number of hydrogen-bond acceptors (Lipinski definition) is 2. The minimum Gasteiger partial charge on any atom is -0.480 e. The van der Waals surface area contributed by atoms with E-state index >= 15 is 0 Å². The molecule has 0 radical (unpaired) electrons. The van der Waals surface area contributed by atoms with Crippen LogP contribution in [0.15, 0.2) is 18.2 Å². The largest absolute Gasteiger partial charge is 0.480 e. The first kappa shape index (κ1) is 10.1. The number of carbonyl (C=O) groups is 1. The van der Waals surface area contributed by atoms with E-state index in [1.807, 2.05) is 0 Å². The monoisotopic (exact) mass is 209 g/mol. The van der Waals surface area contributed by atoms with Crippen LogP contribution in [0.4, 0.5) is 4.39 Å². The Kier molecular flexibility index (Phi) is 2.04. The van der Waals surface area contributed by atoms with Crippen LogP contribution < -0.4 is 5.73 Å². The zero-order chi connectivity index (χ0) is 11.2. The maximum Gasteiger partial charge on any atom is 0.328 e. The van der Waals surface area contributed by atoms with Crippen molar-refractivity contribution in [2.75, 3.05) is 0 Å². The van der Waals surface area contributed by atoms with Crippen molar-refractivity contribution >= 4 is 5.97 Å². The van der Waals surface area contributed by atoms with Gasteiger partial charge in [0.15, 0.2) is 0 Å². The van der Waals surface area contributed by atoms with Gasteiger partial charge < -0.3 is 10.8 Å². The highest BCUT2D eigenvalue weighted by Gasteiger charge is 2.48. The maximum atomic E-state index is 13.4. The molecular weight excluding hydrogens is 197 g/mol. The first-order valence-electron chi connectivity index (χ1n) is 4.78. The first-order chi connectivity index (χ1) is 6.98. The average Bonchev–Trinajstić information content (AvgIpc) is 2.44. The molecule has 3 N–H and O–H groups in total. The summed E-state index contributed by atoms with van der Waals surface area (Å²) in [7, 11) is 0. The first-order valence-corrected chi connectivity index (χ1v) is 4.78. The molecule has 0 aromatic heterocycles. The van der Waals surface area contributed by atoms with E-state index in [1.54, 1.807) is 13.0 Å². The number of fused-ring (bicyclic) bond motifs is 1. The number of halogens is 1. The predicted molar refractivity (Wildman–Crippen MR) is 52.8 cm³/mol. The lowest BCUT2D eigenvalue weighted by molar-refractivity contribution is -0.145. The van der Waals surface area contributed by atoms with E-state index in [0.717, 1.165) is 0 Å². The van der Waals surface area contributed by atoms with Gasteiger partial charge in [0.25, 0.3) is 0 Å². The van der Waals surface area contributed by atoms with Gasteiger partial charge in [-0.15, -0.1) is 0 Å². The Hall–Kier alpha value is -1.42. The van der Waals surface area contributed by atoms with Gasteiger partial charge in [0.05, 0.1) is 0 Å². The Morgan fingerprint density at radius 1 is 1.67 bits per heavy atom. The van der Waals surface area contributed by atoms with Crippen LogP contribution in [0.1, 0.15) is 18.1 Å². The van der Waals surface area contributed by atoms with Gasteiger partial charge in [-0.3, -0.25) is 0 Å². The second kappa shape index (κ2) is 3.03. The molecule has 1 aromatic carbocycles. The number of aliphatic carboxylic acids is 1. The molecule has 0 bridgehead atoms. The highest BCUT2D eigenvalue weighted by molar-refractivity contribution is 5.82. The molecular formula is C11H12FNO2. The second-order valence-corrected chi connectivity index (χ2v) is 4.05. The van der Waals surface area contributed by atoms with Gasteiger partial charge in [0.2, 0.25) is 0 Å². The van der Waals surface area contributed by atoms with Gasteiger partial charge in [-0.05, 0) is 29.5 Å². The Morgan fingerprint density at radius 2 is 2.33 bits per heavy atom. The fourth-order valence-corrected chi connectivity index (χ4v) is 2.21. The predicted octanol–water partition coefficient (Wildman–Crippen LogP) is 1.26. The normalized spacial score (nSPS) is 28.9. The van der Waals surface area contributed by atoms with Gasteiger partial charge in [-0.2, -0.15) is 0 Å². The fraction of sp³-hybridized carbons (Fsp3) is 0.364. The summed E-state index contributed by atoms with van der Waals surface area (Å²) in [6, 6.07) is 4.42. The molecule has 3 nitrogen and oxygen atoms in total. The minimum absolute atomic E-state index is 0.290. The van der Waals surface area contributed by atoms with Gasteiger partial charge in [0, 0.05) is 0 Å². The van der Waals surface area contributed by atoms with Crippen molar-refractivity contribution in [1.82, 2.24) is 0 Å². The van der Waals surface area contributed by atoms with Crippen LogP contribution in [0.25, 0.3) is 0 Å². The number of rotatable bonds is 1. The van der Waals surface area contributed by atoms with Crippen molar-refractivity contribution < 1.29 is 14.3 Å². The molecule has 15 heavy (non-hydrogen) atoms. The summed E-state index contributed by atoms with van der Waals surface area (Å²) in [5, 5.41) is 9.13.